The third-order valence-corrected chi connectivity index (χ3v) is 3.80. The number of ether oxygens (including phenoxy) is 4. The summed E-state index contributed by atoms with van der Waals surface area (Å²) in [5, 5.41) is 37.9. The van der Waals surface area contributed by atoms with Crippen molar-refractivity contribution in [1.82, 2.24) is 4.40 Å². The number of aromatic nitrogens is 1. The normalized spacial score (nSPS) is 10.6. The first-order valence-electron chi connectivity index (χ1n) is 8.15. The van der Waals surface area contributed by atoms with E-state index in [0.717, 1.165) is 17.7 Å². The van der Waals surface area contributed by atoms with E-state index in [2.05, 4.69) is 0 Å². The summed E-state index contributed by atoms with van der Waals surface area (Å²) in [4.78, 5) is 36.6. The van der Waals surface area contributed by atoms with Crippen molar-refractivity contribution in [3.63, 3.8) is 0 Å². The summed E-state index contributed by atoms with van der Waals surface area (Å²) < 4.78 is 20.7. The number of carbonyl (C=O) groups is 3. The number of hydrogen-bond donors (Lipinski definition) is 4. The van der Waals surface area contributed by atoms with E-state index in [-0.39, 0.29) is 17.0 Å². The zero-order chi connectivity index (χ0) is 21.7. The van der Waals surface area contributed by atoms with Crippen molar-refractivity contribution >= 4 is 23.4 Å². The van der Waals surface area contributed by atoms with Crippen LogP contribution in [-0.4, -0.2) is 83.4 Å². The van der Waals surface area contributed by atoms with E-state index in [1.54, 1.807) is 0 Å². The minimum Gasteiger partial charge on any atom is -0.505 e. The van der Waals surface area contributed by atoms with Crippen molar-refractivity contribution in [2.45, 2.75) is 0 Å². The van der Waals surface area contributed by atoms with Crippen molar-refractivity contribution in [1.29, 1.82) is 0 Å². The number of pyridine rings is 1. The van der Waals surface area contributed by atoms with Gasteiger partial charge in [0.05, 0.1) is 33.6 Å². The van der Waals surface area contributed by atoms with E-state index in [9.17, 15) is 24.6 Å². The Labute approximate surface area is 163 Å². The van der Waals surface area contributed by atoms with Gasteiger partial charge < -0.3 is 39.4 Å². The van der Waals surface area contributed by atoms with Gasteiger partial charge in [-0.05, 0) is 0 Å². The highest BCUT2D eigenvalue weighted by molar-refractivity contribution is 6.09. The van der Waals surface area contributed by atoms with Crippen LogP contribution in [0.2, 0.25) is 0 Å². The molecule has 0 aliphatic carbocycles. The van der Waals surface area contributed by atoms with Gasteiger partial charge >= 0.3 is 17.9 Å². The average molecular weight is 413 g/mol. The Kier molecular flexibility index (Phi) is 6.85. The second-order valence-corrected chi connectivity index (χ2v) is 5.42. The van der Waals surface area contributed by atoms with E-state index < -0.39 is 66.9 Å². The summed E-state index contributed by atoms with van der Waals surface area (Å²) in [6.45, 7) is -1.83. The fourth-order valence-corrected chi connectivity index (χ4v) is 2.70. The lowest BCUT2D eigenvalue weighted by atomic mass is 10.1. The smallest absolute Gasteiger partial charge is 0.356 e. The lowest BCUT2D eigenvalue weighted by molar-refractivity contribution is 0.0382. The Morgan fingerprint density at radius 2 is 1.55 bits per heavy atom. The molecule has 0 bridgehead atoms. The molecule has 2 heterocycles. The van der Waals surface area contributed by atoms with Gasteiger partial charge in [-0.3, -0.25) is 4.40 Å². The molecular weight excluding hydrogens is 394 g/mol. The zero-order valence-electron chi connectivity index (χ0n) is 15.5. The monoisotopic (exact) mass is 413 g/mol. The quantitative estimate of drug-likeness (QED) is 0.396. The van der Waals surface area contributed by atoms with Crippen molar-refractivity contribution in [3.8, 4) is 17.2 Å². The minimum atomic E-state index is -1.45. The number of aromatic hydroxyl groups is 1. The molecule has 0 saturated heterocycles. The van der Waals surface area contributed by atoms with E-state index >= 15 is 0 Å². The first-order chi connectivity index (χ1) is 13.8. The van der Waals surface area contributed by atoms with Crippen LogP contribution in [0.1, 0.15) is 31.2 Å². The maximum Gasteiger partial charge on any atom is 0.356 e. The Balaban J connectivity index is 2.93. The number of methoxy groups -OCH3 is 2. The first kappa shape index (κ1) is 21.8. The fraction of sp³-hybridized carbons (Fsp3) is 0.353. The number of aromatic carboxylic acids is 1. The van der Waals surface area contributed by atoms with Gasteiger partial charge in [0.2, 0.25) is 0 Å². The SMILES string of the molecule is COc1cn2c(C(=O)OCCO)c(C(=O)OCCO)c(O)c2c(OC)c1C(=O)O. The summed E-state index contributed by atoms with van der Waals surface area (Å²) in [5.74, 6) is -5.15. The van der Waals surface area contributed by atoms with Crippen molar-refractivity contribution in [3.05, 3.63) is 23.0 Å². The second-order valence-electron chi connectivity index (χ2n) is 5.42. The molecule has 0 spiro atoms. The highest BCUT2D eigenvalue weighted by Crippen LogP contribution is 2.42. The van der Waals surface area contributed by atoms with Crippen LogP contribution in [0.15, 0.2) is 6.20 Å². The van der Waals surface area contributed by atoms with E-state index in [1.807, 2.05) is 0 Å². The molecule has 0 fully saturated rings. The van der Waals surface area contributed by atoms with Crippen LogP contribution in [0.25, 0.3) is 5.52 Å². The summed E-state index contributed by atoms with van der Waals surface area (Å²) in [6, 6.07) is 0. The molecule has 2 aromatic heterocycles. The van der Waals surface area contributed by atoms with Gasteiger partial charge in [0.15, 0.2) is 22.9 Å². The molecule has 4 N–H and O–H groups in total. The lowest BCUT2D eigenvalue weighted by Crippen LogP contribution is -2.17. The number of carbonyl (C=O) groups excluding carboxylic acids is 2. The van der Waals surface area contributed by atoms with Gasteiger partial charge in [0.1, 0.15) is 29.9 Å². The standard InChI is InChI=1S/C17H19NO11/c1-26-8-7-18-11(17(25)29-6-4-20)10(16(24)28-5-3-19)13(21)12(18)14(27-2)9(8)15(22)23/h7,19-21H,3-6H2,1-2H3,(H,22,23). The molecule has 2 aromatic rings. The Morgan fingerprint density at radius 3 is 2.03 bits per heavy atom. The van der Waals surface area contributed by atoms with E-state index in [0.29, 0.717) is 0 Å². The average Bonchev–Trinajstić information content (AvgIpc) is 3.00. The number of aliphatic hydroxyl groups excluding tert-OH is 2. The lowest BCUT2D eigenvalue weighted by Gasteiger charge is -2.13. The number of nitrogens with zero attached hydrogens (tertiary/aromatic N) is 1. The Morgan fingerprint density at radius 1 is 0.966 bits per heavy atom. The molecule has 158 valence electrons. The molecule has 0 saturated carbocycles. The highest BCUT2D eigenvalue weighted by atomic mass is 16.5. The van der Waals surface area contributed by atoms with Gasteiger partial charge in [0, 0.05) is 0 Å². The number of rotatable bonds is 9. The zero-order valence-corrected chi connectivity index (χ0v) is 15.5. The van der Waals surface area contributed by atoms with Gasteiger partial charge in [-0.2, -0.15) is 0 Å². The molecule has 0 amide bonds. The fourth-order valence-electron chi connectivity index (χ4n) is 2.70. The summed E-state index contributed by atoms with van der Waals surface area (Å²) in [6.07, 6.45) is 1.05. The van der Waals surface area contributed by atoms with Gasteiger partial charge in [0.25, 0.3) is 0 Å². The number of carboxylic acids is 1. The number of carboxylic acid groups (broad SMARTS) is 1. The number of esters is 2. The van der Waals surface area contributed by atoms with Crippen LogP contribution >= 0.6 is 0 Å². The van der Waals surface area contributed by atoms with Crippen LogP contribution < -0.4 is 9.47 Å². The molecule has 0 aliphatic heterocycles. The van der Waals surface area contributed by atoms with E-state index in [4.69, 9.17) is 29.2 Å². The molecule has 12 nitrogen and oxygen atoms in total. The van der Waals surface area contributed by atoms with Crippen LogP contribution in [-0.2, 0) is 9.47 Å². The van der Waals surface area contributed by atoms with Crippen LogP contribution in [0.5, 0.6) is 17.2 Å². The molecule has 2 rings (SSSR count). The Hall–Kier alpha value is -3.51. The molecule has 0 atom stereocenters. The van der Waals surface area contributed by atoms with Gasteiger partial charge in [-0.1, -0.05) is 0 Å². The first-order valence-corrected chi connectivity index (χ1v) is 8.15. The predicted molar refractivity (Wildman–Crippen MR) is 93.9 cm³/mol. The molecule has 29 heavy (non-hydrogen) atoms. The molecule has 0 aliphatic rings. The molecule has 0 aromatic carbocycles. The highest BCUT2D eigenvalue weighted by Gasteiger charge is 2.35. The maximum absolute atomic E-state index is 12.5. The summed E-state index contributed by atoms with van der Waals surface area (Å²) in [5.41, 5.74) is -1.93. The molecule has 0 unspecified atom stereocenters. The van der Waals surface area contributed by atoms with Crippen molar-refractivity contribution in [2.24, 2.45) is 0 Å². The third kappa shape index (κ3) is 3.88. The molecule has 0 radical (unpaired) electrons. The summed E-state index contributed by atoms with van der Waals surface area (Å²) >= 11 is 0. The van der Waals surface area contributed by atoms with Gasteiger partial charge in [-0.25, -0.2) is 14.4 Å². The number of aliphatic hydroxyl groups is 2. The van der Waals surface area contributed by atoms with E-state index in [1.165, 1.54) is 7.11 Å². The predicted octanol–water partition coefficient (Wildman–Crippen LogP) is -0.342. The van der Waals surface area contributed by atoms with Crippen LogP contribution in [0, 0.1) is 0 Å². The van der Waals surface area contributed by atoms with Gasteiger partial charge in [-0.15, -0.1) is 0 Å². The molecular formula is C17H19NO11. The largest absolute Gasteiger partial charge is 0.505 e. The third-order valence-electron chi connectivity index (χ3n) is 3.80. The van der Waals surface area contributed by atoms with Crippen molar-refractivity contribution < 1.29 is 53.8 Å². The summed E-state index contributed by atoms with van der Waals surface area (Å²) in [7, 11) is 2.30. The van der Waals surface area contributed by atoms with Crippen molar-refractivity contribution in [2.75, 3.05) is 40.6 Å². The van der Waals surface area contributed by atoms with Crippen LogP contribution in [0.4, 0.5) is 0 Å². The number of fused-ring (bicyclic) bond motifs is 1. The topological polar surface area (TPSA) is 173 Å². The minimum absolute atomic E-state index is 0.233. The molecule has 12 heteroatoms. The second kappa shape index (κ2) is 9.12. The van der Waals surface area contributed by atoms with Crippen LogP contribution in [0.3, 0.4) is 0 Å². The Bertz CT molecular complexity index is 947. The maximum atomic E-state index is 12.5. The number of hydrogen-bond acceptors (Lipinski definition) is 10.